The maximum Gasteiger partial charge on any atom is 0.269 e. The Morgan fingerprint density at radius 3 is 2.52 bits per heavy atom. The molecule has 2 amide bonds. The summed E-state index contributed by atoms with van der Waals surface area (Å²) in [7, 11) is 0. The summed E-state index contributed by atoms with van der Waals surface area (Å²) < 4.78 is 1.45. The van der Waals surface area contributed by atoms with Gasteiger partial charge < -0.3 is 11.1 Å². The Bertz CT molecular complexity index is 969. The number of para-hydroxylation sites is 2. The number of rotatable bonds is 4. The molecule has 3 rings (SSSR count). The number of carbonyl (C=O) groups is 2. The van der Waals surface area contributed by atoms with Crippen molar-refractivity contribution >= 4 is 40.7 Å². The Hall–Kier alpha value is -2.83. The van der Waals surface area contributed by atoms with Crippen molar-refractivity contribution in [3.63, 3.8) is 0 Å². The fourth-order valence-corrected chi connectivity index (χ4v) is 2.62. The van der Waals surface area contributed by atoms with Crippen molar-refractivity contribution in [3.8, 4) is 5.69 Å². The molecule has 0 aliphatic rings. The van der Waals surface area contributed by atoms with Gasteiger partial charge in [0.1, 0.15) is 5.69 Å². The van der Waals surface area contributed by atoms with Crippen LogP contribution in [-0.4, -0.2) is 21.6 Å². The average molecular weight is 375 g/mol. The van der Waals surface area contributed by atoms with Gasteiger partial charge in [0, 0.05) is 6.20 Å². The quantitative estimate of drug-likeness (QED) is 0.731. The normalized spacial score (nSPS) is 10.5. The number of nitrogens with one attached hydrogen (secondary N) is 1. The van der Waals surface area contributed by atoms with E-state index in [1.165, 1.54) is 10.7 Å². The Morgan fingerprint density at radius 2 is 1.80 bits per heavy atom. The number of benzene rings is 2. The summed E-state index contributed by atoms with van der Waals surface area (Å²) in [6.07, 6.45) is 1.58. The molecule has 0 unspecified atom stereocenters. The molecule has 6 nitrogen and oxygen atoms in total. The first-order chi connectivity index (χ1) is 12.0. The predicted octanol–water partition coefficient (Wildman–Crippen LogP) is 3.53. The zero-order chi connectivity index (χ0) is 18.0. The highest BCUT2D eigenvalue weighted by molar-refractivity contribution is 6.44. The molecule has 25 heavy (non-hydrogen) atoms. The molecule has 0 aliphatic carbocycles. The molecule has 1 aromatic heterocycles. The first kappa shape index (κ1) is 17.0. The van der Waals surface area contributed by atoms with E-state index in [0.717, 1.165) is 0 Å². The third-order valence-electron chi connectivity index (χ3n) is 3.44. The SMILES string of the molecule is NC(=O)c1ccn(-c2ccccc2NC(=O)c2cccc(Cl)c2Cl)n1. The van der Waals surface area contributed by atoms with E-state index in [9.17, 15) is 9.59 Å². The largest absolute Gasteiger partial charge is 0.364 e. The Morgan fingerprint density at radius 1 is 1.04 bits per heavy atom. The summed E-state index contributed by atoms with van der Waals surface area (Å²) in [6, 6.07) is 13.3. The Kier molecular flexibility index (Phi) is 4.74. The summed E-state index contributed by atoms with van der Waals surface area (Å²) in [5, 5.41) is 7.34. The van der Waals surface area contributed by atoms with E-state index in [1.807, 2.05) is 0 Å². The molecule has 0 aliphatic heterocycles. The van der Waals surface area contributed by atoms with Gasteiger partial charge in [-0.25, -0.2) is 4.68 Å². The van der Waals surface area contributed by atoms with Crippen LogP contribution < -0.4 is 11.1 Å². The van der Waals surface area contributed by atoms with Gasteiger partial charge in [-0.2, -0.15) is 5.10 Å². The molecule has 0 radical (unpaired) electrons. The fraction of sp³-hybridized carbons (Fsp3) is 0. The fourth-order valence-electron chi connectivity index (χ4n) is 2.24. The molecule has 0 atom stereocenters. The molecule has 3 N–H and O–H groups in total. The summed E-state index contributed by atoms with van der Waals surface area (Å²) in [4.78, 5) is 23.7. The molecule has 0 saturated heterocycles. The number of hydrogen-bond acceptors (Lipinski definition) is 3. The second-order valence-corrected chi connectivity index (χ2v) is 5.87. The van der Waals surface area contributed by atoms with E-state index in [1.54, 1.807) is 48.7 Å². The van der Waals surface area contributed by atoms with Gasteiger partial charge in [-0.15, -0.1) is 0 Å². The smallest absolute Gasteiger partial charge is 0.269 e. The van der Waals surface area contributed by atoms with Crippen LogP contribution in [-0.2, 0) is 0 Å². The monoisotopic (exact) mass is 374 g/mol. The van der Waals surface area contributed by atoms with Crippen LogP contribution >= 0.6 is 23.2 Å². The van der Waals surface area contributed by atoms with E-state index < -0.39 is 11.8 Å². The van der Waals surface area contributed by atoms with Crippen molar-refractivity contribution in [3.05, 3.63) is 76.0 Å². The highest BCUT2D eigenvalue weighted by atomic mass is 35.5. The van der Waals surface area contributed by atoms with Crippen LogP contribution in [0.5, 0.6) is 0 Å². The van der Waals surface area contributed by atoms with E-state index in [0.29, 0.717) is 16.4 Å². The van der Waals surface area contributed by atoms with E-state index >= 15 is 0 Å². The van der Waals surface area contributed by atoms with Gasteiger partial charge in [0.2, 0.25) is 0 Å². The van der Waals surface area contributed by atoms with Crippen LogP contribution in [0.2, 0.25) is 10.0 Å². The maximum absolute atomic E-state index is 12.5. The van der Waals surface area contributed by atoms with Crippen LogP contribution in [0.4, 0.5) is 5.69 Å². The van der Waals surface area contributed by atoms with Crippen LogP contribution in [0, 0.1) is 0 Å². The third-order valence-corrected chi connectivity index (χ3v) is 4.26. The first-order valence-corrected chi connectivity index (χ1v) is 7.93. The molecule has 0 saturated carbocycles. The average Bonchev–Trinajstić information content (AvgIpc) is 3.08. The molecule has 0 bridgehead atoms. The number of halogens is 2. The number of amides is 2. The zero-order valence-corrected chi connectivity index (χ0v) is 14.3. The lowest BCUT2D eigenvalue weighted by atomic mass is 10.2. The number of aromatic nitrogens is 2. The second kappa shape index (κ2) is 6.96. The van der Waals surface area contributed by atoms with Crippen LogP contribution in [0.25, 0.3) is 5.69 Å². The van der Waals surface area contributed by atoms with Gasteiger partial charge in [0.25, 0.3) is 11.8 Å². The first-order valence-electron chi connectivity index (χ1n) is 7.17. The summed E-state index contributed by atoms with van der Waals surface area (Å²) >= 11 is 12.0. The molecule has 3 aromatic rings. The minimum Gasteiger partial charge on any atom is -0.364 e. The Balaban J connectivity index is 1.94. The molecule has 1 heterocycles. The maximum atomic E-state index is 12.5. The van der Waals surface area contributed by atoms with Crippen LogP contribution in [0.3, 0.4) is 0 Å². The number of primary amides is 1. The topological polar surface area (TPSA) is 90.0 Å². The Labute approximate surface area is 153 Å². The van der Waals surface area contributed by atoms with Crippen molar-refractivity contribution in [2.45, 2.75) is 0 Å². The molecule has 2 aromatic carbocycles. The number of carbonyl (C=O) groups excluding carboxylic acids is 2. The number of anilines is 1. The van der Waals surface area contributed by atoms with Gasteiger partial charge in [0.05, 0.1) is 27.0 Å². The van der Waals surface area contributed by atoms with Crippen molar-refractivity contribution in [1.82, 2.24) is 9.78 Å². The van der Waals surface area contributed by atoms with E-state index in [-0.39, 0.29) is 16.3 Å². The third kappa shape index (κ3) is 3.50. The molecule has 0 spiro atoms. The molecule has 0 fully saturated rings. The molecular weight excluding hydrogens is 363 g/mol. The molecule has 126 valence electrons. The van der Waals surface area contributed by atoms with Gasteiger partial charge in [-0.3, -0.25) is 9.59 Å². The lowest BCUT2D eigenvalue weighted by Gasteiger charge is -2.12. The summed E-state index contributed by atoms with van der Waals surface area (Å²) in [5.41, 5.74) is 6.65. The lowest BCUT2D eigenvalue weighted by Crippen LogP contribution is -2.15. The van der Waals surface area contributed by atoms with Crippen molar-refractivity contribution in [2.24, 2.45) is 5.73 Å². The predicted molar refractivity (Wildman–Crippen MR) is 96.5 cm³/mol. The lowest BCUT2D eigenvalue weighted by molar-refractivity contribution is 0.0992. The highest BCUT2D eigenvalue weighted by Gasteiger charge is 2.15. The van der Waals surface area contributed by atoms with Gasteiger partial charge in [-0.05, 0) is 30.3 Å². The standard InChI is InChI=1S/C17H12Cl2N4O2/c18-11-5-3-4-10(15(11)19)17(25)21-12-6-1-2-7-14(12)23-9-8-13(22-23)16(20)24/h1-9H,(H2,20,24)(H,21,25). The van der Waals surface area contributed by atoms with Gasteiger partial charge in [-0.1, -0.05) is 41.4 Å². The number of hydrogen-bond donors (Lipinski definition) is 2. The van der Waals surface area contributed by atoms with Crippen molar-refractivity contribution in [1.29, 1.82) is 0 Å². The molecule has 8 heteroatoms. The summed E-state index contributed by atoms with van der Waals surface area (Å²) in [5.74, 6) is -1.05. The van der Waals surface area contributed by atoms with Crippen LogP contribution in [0.1, 0.15) is 20.8 Å². The van der Waals surface area contributed by atoms with Crippen molar-refractivity contribution in [2.75, 3.05) is 5.32 Å². The number of nitrogens with zero attached hydrogens (tertiary/aromatic N) is 2. The van der Waals surface area contributed by atoms with E-state index in [4.69, 9.17) is 28.9 Å². The van der Waals surface area contributed by atoms with Crippen LogP contribution in [0.15, 0.2) is 54.7 Å². The zero-order valence-electron chi connectivity index (χ0n) is 12.7. The van der Waals surface area contributed by atoms with Crippen molar-refractivity contribution < 1.29 is 9.59 Å². The minimum absolute atomic E-state index is 0.124. The van der Waals surface area contributed by atoms with Gasteiger partial charge in [0.15, 0.2) is 0 Å². The highest BCUT2D eigenvalue weighted by Crippen LogP contribution is 2.27. The number of nitrogens with two attached hydrogens (primary N) is 1. The summed E-state index contributed by atoms with van der Waals surface area (Å²) in [6.45, 7) is 0. The van der Waals surface area contributed by atoms with E-state index in [2.05, 4.69) is 10.4 Å². The molecular formula is C17H12Cl2N4O2. The second-order valence-electron chi connectivity index (χ2n) is 5.08. The van der Waals surface area contributed by atoms with Gasteiger partial charge >= 0.3 is 0 Å². The minimum atomic E-state index is -0.633.